The minimum absolute atomic E-state index is 0.00657. The maximum Gasteiger partial charge on any atom is 0.248 e. The highest BCUT2D eigenvalue weighted by molar-refractivity contribution is 7.10. The maximum atomic E-state index is 13.7. The number of hydrogen-bond donors (Lipinski definition) is 0. The zero-order valence-corrected chi connectivity index (χ0v) is 11.2. The Balaban J connectivity index is 1.76. The van der Waals surface area contributed by atoms with E-state index in [2.05, 4.69) is 21.0 Å². The van der Waals surface area contributed by atoms with Crippen LogP contribution in [-0.2, 0) is 0 Å². The Hall–Kier alpha value is -1.23. The van der Waals surface area contributed by atoms with Gasteiger partial charge in [0.05, 0.1) is 24.3 Å². The molecule has 0 bridgehead atoms. The molecule has 19 heavy (non-hydrogen) atoms. The van der Waals surface area contributed by atoms with Crippen LogP contribution >= 0.6 is 11.3 Å². The predicted octanol–water partition coefficient (Wildman–Crippen LogP) is 4.34. The summed E-state index contributed by atoms with van der Waals surface area (Å²) in [6.45, 7) is 0. The van der Waals surface area contributed by atoms with Crippen molar-refractivity contribution in [3.8, 4) is 11.3 Å². The molecule has 2 aromatic rings. The fourth-order valence-corrected chi connectivity index (χ4v) is 4.64. The molecule has 0 spiro atoms. The van der Waals surface area contributed by atoms with E-state index in [-0.39, 0.29) is 24.8 Å². The number of imidazole rings is 1. The van der Waals surface area contributed by atoms with Crippen LogP contribution in [-0.4, -0.2) is 15.5 Å². The lowest BCUT2D eigenvalue weighted by atomic mass is 9.81. The zero-order chi connectivity index (χ0) is 13.0. The van der Waals surface area contributed by atoms with Crippen LogP contribution in [0.4, 0.5) is 8.78 Å². The molecule has 1 aliphatic carbocycles. The molecular formula is C14H14F2N2S. The summed E-state index contributed by atoms with van der Waals surface area (Å²) in [5.41, 5.74) is 2.26. The number of halogens is 2. The van der Waals surface area contributed by atoms with E-state index in [1.165, 1.54) is 10.4 Å². The van der Waals surface area contributed by atoms with Gasteiger partial charge in [0.1, 0.15) is 0 Å². The molecule has 0 N–H and O–H groups in total. The van der Waals surface area contributed by atoms with Gasteiger partial charge in [-0.15, -0.1) is 11.3 Å². The van der Waals surface area contributed by atoms with Crippen molar-refractivity contribution >= 4 is 11.3 Å². The van der Waals surface area contributed by atoms with Crippen molar-refractivity contribution in [1.82, 2.24) is 9.55 Å². The fraction of sp³-hybridized carbons (Fsp3) is 0.500. The number of aromatic nitrogens is 2. The van der Waals surface area contributed by atoms with Crippen LogP contribution in [0.15, 0.2) is 24.0 Å². The highest BCUT2D eigenvalue weighted by atomic mass is 32.1. The molecule has 2 atom stereocenters. The Morgan fingerprint density at radius 1 is 1.42 bits per heavy atom. The van der Waals surface area contributed by atoms with Crippen LogP contribution in [0.3, 0.4) is 0 Å². The van der Waals surface area contributed by atoms with E-state index in [1.54, 1.807) is 17.7 Å². The van der Waals surface area contributed by atoms with Gasteiger partial charge in [-0.1, -0.05) is 0 Å². The highest BCUT2D eigenvalue weighted by Gasteiger charge is 2.43. The molecule has 2 aliphatic rings. The molecule has 0 radical (unpaired) electrons. The molecule has 0 unspecified atom stereocenters. The van der Waals surface area contributed by atoms with Gasteiger partial charge in [0.15, 0.2) is 0 Å². The number of nitrogens with zero attached hydrogens (tertiary/aromatic N) is 2. The summed E-state index contributed by atoms with van der Waals surface area (Å²) in [5.74, 6) is -2.47. The lowest BCUT2D eigenvalue weighted by Crippen LogP contribution is -2.30. The van der Waals surface area contributed by atoms with E-state index in [4.69, 9.17) is 0 Å². The molecule has 1 aliphatic heterocycles. The van der Waals surface area contributed by atoms with Gasteiger partial charge in [-0.05, 0) is 30.2 Å². The van der Waals surface area contributed by atoms with Crippen molar-refractivity contribution in [1.29, 1.82) is 0 Å². The summed E-state index contributed by atoms with van der Waals surface area (Å²) in [5, 5.41) is 2.05. The second kappa shape index (κ2) is 3.88. The third-order valence-corrected chi connectivity index (χ3v) is 5.32. The minimum atomic E-state index is -2.50. The predicted molar refractivity (Wildman–Crippen MR) is 70.6 cm³/mol. The summed E-state index contributed by atoms with van der Waals surface area (Å²) in [6.07, 6.45) is 5.19. The van der Waals surface area contributed by atoms with Gasteiger partial charge in [-0.3, -0.25) is 0 Å². The Kier molecular flexibility index (Phi) is 2.37. The Bertz CT molecular complexity index is 576. The molecule has 0 saturated heterocycles. The molecule has 1 fully saturated rings. The maximum absolute atomic E-state index is 13.7. The number of thiophene rings is 1. The third-order valence-electron chi connectivity index (χ3n) is 4.33. The van der Waals surface area contributed by atoms with E-state index in [0.29, 0.717) is 6.42 Å². The first-order valence-electron chi connectivity index (χ1n) is 6.63. The van der Waals surface area contributed by atoms with E-state index >= 15 is 0 Å². The van der Waals surface area contributed by atoms with Gasteiger partial charge in [0.2, 0.25) is 5.92 Å². The van der Waals surface area contributed by atoms with Crippen LogP contribution in [0.1, 0.15) is 36.6 Å². The zero-order valence-electron chi connectivity index (χ0n) is 10.4. The minimum Gasteiger partial charge on any atom is -0.322 e. The third kappa shape index (κ3) is 1.67. The van der Waals surface area contributed by atoms with Crippen molar-refractivity contribution in [2.45, 2.75) is 37.6 Å². The lowest BCUT2D eigenvalue weighted by molar-refractivity contribution is -0.0576. The summed E-state index contributed by atoms with van der Waals surface area (Å²) >= 11 is 1.68. The van der Waals surface area contributed by atoms with E-state index in [9.17, 15) is 8.78 Å². The molecule has 100 valence electrons. The first kappa shape index (κ1) is 11.6. The Morgan fingerprint density at radius 2 is 2.32 bits per heavy atom. The molecule has 3 heterocycles. The second-order valence-electron chi connectivity index (χ2n) is 5.54. The average molecular weight is 280 g/mol. The number of rotatable bonds is 1. The summed E-state index contributed by atoms with van der Waals surface area (Å²) in [7, 11) is 0. The number of fused-ring (bicyclic) bond motifs is 3. The van der Waals surface area contributed by atoms with Gasteiger partial charge in [0, 0.05) is 23.3 Å². The monoisotopic (exact) mass is 280 g/mol. The van der Waals surface area contributed by atoms with Gasteiger partial charge in [-0.2, -0.15) is 0 Å². The number of hydrogen-bond acceptors (Lipinski definition) is 2. The summed E-state index contributed by atoms with van der Waals surface area (Å²) < 4.78 is 29.5. The fourth-order valence-electron chi connectivity index (χ4n) is 3.54. The van der Waals surface area contributed by atoms with Crippen molar-refractivity contribution in [2.75, 3.05) is 0 Å². The van der Waals surface area contributed by atoms with E-state index in [1.807, 2.05) is 6.20 Å². The second-order valence-corrected chi connectivity index (χ2v) is 6.49. The average Bonchev–Trinajstić information content (AvgIpc) is 2.98. The van der Waals surface area contributed by atoms with Crippen molar-refractivity contribution in [3.05, 3.63) is 28.8 Å². The Morgan fingerprint density at radius 3 is 3.16 bits per heavy atom. The Labute approximate surface area is 114 Å². The molecular weight excluding hydrogens is 266 g/mol. The molecule has 1 saturated carbocycles. The largest absolute Gasteiger partial charge is 0.322 e. The first-order chi connectivity index (χ1) is 9.16. The van der Waals surface area contributed by atoms with Gasteiger partial charge < -0.3 is 4.57 Å². The summed E-state index contributed by atoms with van der Waals surface area (Å²) in [6, 6.07) is 2.15. The molecule has 0 amide bonds. The van der Waals surface area contributed by atoms with Gasteiger partial charge >= 0.3 is 0 Å². The molecule has 2 aromatic heterocycles. The van der Waals surface area contributed by atoms with Crippen molar-refractivity contribution in [3.63, 3.8) is 0 Å². The van der Waals surface area contributed by atoms with Crippen LogP contribution in [0.5, 0.6) is 0 Å². The number of alkyl halides is 2. The SMILES string of the molecule is FC1(F)CCC[C@@H]([C@@H]2c3sccc3-c3cncn32)C1. The summed E-state index contributed by atoms with van der Waals surface area (Å²) in [4.78, 5) is 5.42. The van der Waals surface area contributed by atoms with Gasteiger partial charge in [0.25, 0.3) is 0 Å². The standard InChI is InChI=1S/C14H14F2N2S/c15-14(16)4-1-2-9(6-14)12-13-10(3-5-19-13)11-7-17-8-18(11)12/h3,5,7-9,12H,1-2,4,6H2/t9-,12-/m1/s1. The highest BCUT2D eigenvalue weighted by Crippen LogP contribution is 2.51. The van der Waals surface area contributed by atoms with E-state index in [0.717, 1.165) is 12.1 Å². The quantitative estimate of drug-likeness (QED) is 0.759. The van der Waals surface area contributed by atoms with Crippen LogP contribution in [0.25, 0.3) is 11.3 Å². The van der Waals surface area contributed by atoms with Gasteiger partial charge in [-0.25, -0.2) is 13.8 Å². The van der Waals surface area contributed by atoms with Crippen LogP contribution in [0, 0.1) is 5.92 Å². The molecule has 5 heteroatoms. The molecule has 0 aromatic carbocycles. The smallest absolute Gasteiger partial charge is 0.248 e. The normalized spacial score (nSPS) is 28.1. The van der Waals surface area contributed by atoms with E-state index < -0.39 is 5.92 Å². The molecule has 2 nitrogen and oxygen atoms in total. The molecule has 4 rings (SSSR count). The topological polar surface area (TPSA) is 17.8 Å². The first-order valence-corrected chi connectivity index (χ1v) is 7.51. The van der Waals surface area contributed by atoms with Crippen molar-refractivity contribution < 1.29 is 8.78 Å². The lowest BCUT2D eigenvalue weighted by Gasteiger charge is -2.33. The van der Waals surface area contributed by atoms with Crippen molar-refractivity contribution in [2.24, 2.45) is 5.92 Å². The van der Waals surface area contributed by atoms with Crippen LogP contribution in [0.2, 0.25) is 0 Å². The van der Waals surface area contributed by atoms with Crippen LogP contribution < -0.4 is 0 Å².